The van der Waals surface area contributed by atoms with Crippen LogP contribution in [0.5, 0.6) is 0 Å². The molecule has 3 rings (SSSR count). The monoisotopic (exact) mass is 381 g/mol. The summed E-state index contributed by atoms with van der Waals surface area (Å²) in [7, 11) is 0. The van der Waals surface area contributed by atoms with Gasteiger partial charge < -0.3 is 4.90 Å². The number of carbonyl (C=O) groups is 2. The van der Waals surface area contributed by atoms with Crippen molar-refractivity contribution in [1.29, 1.82) is 0 Å². The largest absolute Gasteiger partial charge is 0.416 e. The van der Waals surface area contributed by atoms with Crippen LogP contribution < -0.4 is 0 Å². The first-order chi connectivity index (χ1) is 12.4. The van der Waals surface area contributed by atoms with Crippen molar-refractivity contribution in [3.63, 3.8) is 0 Å². The minimum absolute atomic E-state index is 0.0153. The van der Waals surface area contributed by atoms with Crippen LogP contribution in [0, 0.1) is 0 Å². The first-order valence-electron chi connectivity index (χ1n) is 8.37. The third-order valence-corrected chi connectivity index (χ3v) is 5.24. The zero-order valence-electron chi connectivity index (χ0n) is 14.0. The Morgan fingerprint density at radius 3 is 2.42 bits per heavy atom. The van der Waals surface area contributed by atoms with E-state index in [0.717, 1.165) is 18.9 Å². The summed E-state index contributed by atoms with van der Waals surface area (Å²) in [5.74, 6) is -0.380. The van der Waals surface area contributed by atoms with E-state index in [1.165, 1.54) is 28.4 Å². The molecule has 1 heterocycles. The number of ketones is 1. The maximum Gasteiger partial charge on any atom is 0.416 e. The lowest BCUT2D eigenvalue weighted by Crippen LogP contribution is -2.33. The van der Waals surface area contributed by atoms with Crippen molar-refractivity contribution in [2.75, 3.05) is 0 Å². The summed E-state index contributed by atoms with van der Waals surface area (Å²) in [6.45, 7) is -0.0770. The van der Waals surface area contributed by atoms with Crippen molar-refractivity contribution in [2.24, 2.45) is 0 Å². The van der Waals surface area contributed by atoms with Crippen LogP contribution >= 0.6 is 11.3 Å². The number of thiophene rings is 1. The molecule has 3 nitrogen and oxygen atoms in total. The van der Waals surface area contributed by atoms with E-state index in [2.05, 4.69) is 0 Å². The highest BCUT2D eigenvalue weighted by Crippen LogP contribution is 2.35. The van der Waals surface area contributed by atoms with Gasteiger partial charge in [-0.25, -0.2) is 0 Å². The number of nitrogens with zero attached hydrogens (tertiary/aromatic N) is 1. The van der Waals surface area contributed by atoms with Crippen LogP contribution in [0.25, 0.3) is 0 Å². The number of alkyl halides is 3. The first-order valence-corrected chi connectivity index (χ1v) is 9.25. The van der Waals surface area contributed by atoms with E-state index in [1.54, 1.807) is 23.6 Å². The van der Waals surface area contributed by atoms with Crippen molar-refractivity contribution >= 4 is 23.0 Å². The number of halogens is 3. The maximum absolute atomic E-state index is 13.2. The minimum Gasteiger partial charge on any atom is -0.335 e. The standard InChI is InChI=1S/C19H18F3NO2S/c20-19(21,22)15-5-2-1-4-13(15)12-23(14-7-8-14)18(25)10-9-16(24)17-6-3-11-26-17/h1-6,11,14H,7-10,12H2. The number of hydrogen-bond acceptors (Lipinski definition) is 3. The molecule has 0 N–H and O–H groups in total. The Kier molecular flexibility index (Phi) is 5.46. The first kappa shape index (κ1) is 18.6. The molecule has 1 aromatic heterocycles. The molecule has 1 amide bonds. The van der Waals surface area contributed by atoms with Gasteiger partial charge in [0, 0.05) is 25.4 Å². The third kappa shape index (κ3) is 4.52. The van der Waals surface area contributed by atoms with Gasteiger partial charge in [-0.1, -0.05) is 24.3 Å². The van der Waals surface area contributed by atoms with E-state index in [0.29, 0.717) is 4.88 Å². The molecule has 0 aliphatic heterocycles. The number of hydrogen-bond donors (Lipinski definition) is 0. The van der Waals surface area contributed by atoms with E-state index in [1.807, 2.05) is 0 Å². The molecule has 0 unspecified atom stereocenters. The highest BCUT2D eigenvalue weighted by atomic mass is 32.1. The Bertz CT molecular complexity index is 782. The summed E-state index contributed by atoms with van der Waals surface area (Å²) in [5.41, 5.74) is -0.627. The second-order valence-electron chi connectivity index (χ2n) is 6.31. The number of Topliss-reactive ketones (excluding diaryl/α,β-unsaturated/α-hetero) is 1. The van der Waals surface area contributed by atoms with E-state index < -0.39 is 11.7 Å². The molecule has 1 aromatic carbocycles. The van der Waals surface area contributed by atoms with Gasteiger partial charge in [-0.2, -0.15) is 13.2 Å². The molecule has 26 heavy (non-hydrogen) atoms. The Hall–Kier alpha value is -2.15. The molecule has 1 saturated carbocycles. The molecule has 1 fully saturated rings. The SMILES string of the molecule is O=C(CCC(=O)N(Cc1ccccc1C(F)(F)F)C1CC1)c1cccs1. The van der Waals surface area contributed by atoms with Crippen molar-refractivity contribution in [1.82, 2.24) is 4.90 Å². The molecule has 0 atom stereocenters. The summed E-state index contributed by atoms with van der Waals surface area (Å²) in [6.07, 6.45) is -2.79. The van der Waals surface area contributed by atoms with Crippen molar-refractivity contribution in [2.45, 2.75) is 44.4 Å². The number of carbonyl (C=O) groups excluding carboxylic acids is 2. The molecular weight excluding hydrogens is 363 g/mol. The fourth-order valence-electron chi connectivity index (χ4n) is 2.85. The fraction of sp³-hybridized carbons (Fsp3) is 0.368. The number of rotatable bonds is 7. The summed E-state index contributed by atoms with van der Waals surface area (Å²) in [4.78, 5) is 26.7. The molecule has 0 spiro atoms. The Balaban J connectivity index is 1.68. The summed E-state index contributed by atoms with van der Waals surface area (Å²) in [6, 6.07) is 8.77. The van der Waals surface area contributed by atoms with Gasteiger partial charge in [-0.3, -0.25) is 9.59 Å². The van der Waals surface area contributed by atoms with Crippen molar-refractivity contribution < 1.29 is 22.8 Å². The minimum atomic E-state index is -4.45. The lowest BCUT2D eigenvalue weighted by Gasteiger charge is -2.24. The number of amides is 1. The molecule has 2 aromatic rings. The fourth-order valence-corrected chi connectivity index (χ4v) is 3.54. The van der Waals surface area contributed by atoms with Gasteiger partial charge >= 0.3 is 6.18 Å². The molecule has 1 aliphatic carbocycles. The summed E-state index contributed by atoms with van der Waals surface area (Å²) >= 11 is 1.32. The van der Waals surface area contributed by atoms with Gasteiger partial charge in [0.1, 0.15) is 0 Å². The van der Waals surface area contributed by atoms with Crippen molar-refractivity contribution in [3.8, 4) is 0 Å². The second kappa shape index (κ2) is 7.61. The lowest BCUT2D eigenvalue weighted by molar-refractivity contribution is -0.140. The van der Waals surface area contributed by atoms with E-state index >= 15 is 0 Å². The third-order valence-electron chi connectivity index (χ3n) is 4.33. The van der Waals surface area contributed by atoms with E-state index in [4.69, 9.17) is 0 Å². The zero-order chi connectivity index (χ0) is 18.7. The quantitative estimate of drug-likeness (QED) is 0.639. The second-order valence-corrected chi connectivity index (χ2v) is 7.26. The maximum atomic E-state index is 13.2. The van der Waals surface area contributed by atoms with Crippen LogP contribution in [0.3, 0.4) is 0 Å². The van der Waals surface area contributed by atoms with Crippen LogP contribution in [0.1, 0.15) is 46.5 Å². The van der Waals surface area contributed by atoms with E-state index in [-0.39, 0.29) is 42.7 Å². The summed E-state index contributed by atoms with van der Waals surface area (Å²) in [5, 5.41) is 1.79. The van der Waals surface area contributed by atoms with Crippen molar-refractivity contribution in [3.05, 3.63) is 57.8 Å². The highest BCUT2D eigenvalue weighted by molar-refractivity contribution is 7.12. The molecule has 0 bridgehead atoms. The smallest absolute Gasteiger partial charge is 0.335 e. The van der Waals surface area contributed by atoms with Gasteiger partial charge in [-0.15, -0.1) is 11.3 Å². The average Bonchev–Trinajstić information content (AvgIpc) is 3.29. The van der Waals surface area contributed by atoms with Gasteiger partial charge in [-0.05, 0) is 35.9 Å². The zero-order valence-corrected chi connectivity index (χ0v) is 14.8. The van der Waals surface area contributed by atoms with Crippen LogP contribution in [0.2, 0.25) is 0 Å². The van der Waals surface area contributed by atoms with Gasteiger partial charge in [0.05, 0.1) is 10.4 Å². The summed E-state index contributed by atoms with van der Waals surface area (Å²) < 4.78 is 39.5. The normalized spacial score (nSPS) is 14.3. The Morgan fingerprint density at radius 1 is 1.08 bits per heavy atom. The molecule has 0 saturated heterocycles. The lowest BCUT2D eigenvalue weighted by atomic mass is 10.1. The van der Waals surface area contributed by atoms with Crippen LogP contribution in [-0.4, -0.2) is 22.6 Å². The van der Waals surface area contributed by atoms with E-state index in [9.17, 15) is 22.8 Å². The molecule has 0 radical (unpaired) electrons. The molecule has 138 valence electrons. The van der Waals surface area contributed by atoms with Gasteiger partial charge in [0.25, 0.3) is 0 Å². The molecule has 1 aliphatic rings. The van der Waals surface area contributed by atoms with Crippen LogP contribution in [0.4, 0.5) is 13.2 Å². The highest BCUT2D eigenvalue weighted by Gasteiger charge is 2.36. The Morgan fingerprint density at radius 2 is 1.81 bits per heavy atom. The van der Waals surface area contributed by atoms with Crippen LogP contribution in [-0.2, 0) is 17.5 Å². The predicted octanol–water partition coefficient (Wildman–Crippen LogP) is 4.92. The molecular formula is C19H18F3NO2S. The van der Waals surface area contributed by atoms with Gasteiger partial charge in [0.2, 0.25) is 5.91 Å². The Labute approximate surface area is 153 Å². The van der Waals surface area contributed by atoms with Gasteiger partial charge in [0.15, 0.2) is 5.78 Å². The average molecular weight is 381 g/mol. The van der Waals surface area contributed by atoms with Crippen LogP contribution in [0.15, 0.2) is 41.8 Å². The molecule has 7 heteroatoms. The topological polar surface area (TPSA) is 37.4 Å². The number of benzene rings is 1. The predicted molar refractivity (Wildman–Crippen MR) is 92.9 cm³/mol.